The van der Waals surface area contributed by atoms with Gasteiger partial charge in [-0.05, 0) is 48.4 Å². The third-order valence-corrected chi connectivity index (χ3v) is 6.35. The molecular weight excluding hydrogens is 412 g/mol. The molecule has 0 spiro atoms. The van der Waals surface area contributed by atoms with Crippen LogP contribution in [0.4, 0.5) is 0 Å². The second-order valence-corrected chi connectivity index (χ2v) is 8.09. The number of fused-ring (bicyclic) bond motifs is 4. The van der Waals surface area contributed by atoms with Gasteiger partial charge in [-0.15, -0.1) is 11.8 Å². The number of nitrogens with zero attached hydrogens (tertiary/aromatic N) is 2. The number of benzene rings is 4. The zero-order valence-corrected chi connectivity index (χ0v) is 19.6. The number of para-hydroxylation sites is 2. The first-order chi connectivity index (χ1) is 15.7. The summed E-state index contributed by atoms with van der Waals surface area (Å²) in [5, 5.41) is 3.86. The Balaban J connectivity index is 0.000000189. The molecule has 0 radical (unpaired) electrons. The van der Waals surface area contributed by atoms with E-state index in [0.717, 1.165) is 38.2 Å². The van der Waals surface area contributed by atoms with Crippen molar-refractivity contribution in [2.24, 2.45) is 0 Å². The standard InChI is InChI=1S/C18H10N2O.C8H10S.C2H6/c21-18-13-8-4-6-11-5-3-7-12(16(11)13)17-19-14-9-1-2-10-15(14)20(17)18;1-7-5-3-4-6-8(7)9-2;1-2/h1-10H;3-6H,1-2H3;1-2H3. The van der Waals surface area contributed by atoms with Gasteiger partial charge in [-0.1, -0.05) is 74.5 Å². The summed E-state index contributed by atoms with van der Waals surface area (Å²) in [4.78, 5) is 18.9. The minimum Gasteiger partial charge on any atom is -0.268 e. The van der Waals surface area contributed by atoms with Crippen LogP contribution < -0.4 is 5.56 Å². The lowest BCUT2D eigenvalue weighted by Gasteiger charge is -2.06. The van der Waals surface area contributed by atoms with Crippen molar-refractivity contribution in [1.29, 1.82) is 0 Å². The molecule has 32 heavy (non-hydrogen) atoms. The molecule has 0 amide bonds. The van der Waals surface area contributed by atoms with E-state index in [0.29, 0.717) is 0 Å². The predicted octanol–water partition coefficient (Wildman–Crippen LogP) is 7.34. The Morgan fingerprint density at radius 1 is 0.781 bits per heavy atom. The van der Waals surface area contributed by atoms with Crippen LogP contribution in [0.25, 0.3) is 38.2 Å². The number of aryl methyl sites for hydroxylation is 1. The van der Waals surface area contributed by atoms with Crippen LogP contribution in [0.15, 0.2) is 94.6 Å². The van der Waals surface area contributed by atoms with Gasteiger partial charge in [-0.2, -0.15) is 0 Å². The quantitative estimate of drug-likeness (QED) is 0.252. The summed E-state index contributed by atoms with van der Waals surface area (Å²) in [7, 11) is 0. The number of hydrogen-bond acceptors (Lipinski definition) is 3. The average molecular weight is 439 g/mol. The van der Waals surface area contributed by atoms with Gasteiger partial charge < -0.3 is 0 Å². The Hall–Kier alpha value is -3.37. The van der Waals surface area contributed by atoms with Crippen molar-refractivity contribution >= 4 is 50.0 Å². The average Bonchev–Trinajstić information content (AvgIpc) is 3.24. The zero-order chi connectivity index (χ0) is 22.7. The van der Waals surface area contributed by atoms with Crippen molar-refractivity contribution in [3.05, 3.63) is 101 Å². The summed E-state index contributed by atoms with van der Waals surface area (Å²) in [5.41, 5.74) is 3.83. The molecule has 4 heteroatoms. The van der Waals surface area contributed by atoms with Crippen LogP contribution in [0.3, 0.4) is 0 Å². The fourth-order valence-corrected chi connectivity index (χ4v) is 4.63. The molecule has 2 heterocycles. The Bertz CT molecular complexity index is 1560. The molecule has 0 saturated carbocycles. The molecule has 0 unspecified atom stereocenters. The molecule has 0 bridgehead atoms. The molecule has 0 aliphatic carbocycles. The van der Waals surface area contributed by atoms with Gasteiger partial charge in [0.05, 0.1) is 11.0 Å². The van der Waals surface area contributed by atoms with Gasteiger partial charge in [-0.3, -0.25) is 9.20 Å². The molecule has 6 aromatic rings. The van der Waals surface area contributed by atoms with Crippen LogP contribution in [0, 0.1) is 6.92 Å². The third kappa shape index (κ3) is 3.71. The van der Waals surface area contributed by atoms with Crippen molar-refractivity contribution in [2.75, 3.05) is 6.26 Å². The maximum Gasteiger partial charge on any atom is 0.264 e. The SMILES string of the molecule is CC.CSc1ccccc1C.O=c1c2cccc3cccc(c32)c2nc3ccccc3n12. The van der Waals surface area contributed by atoms with E-state index in [2.05, 4.69) is 42.4 Å². The van der Waals surface area contributed by atoms with Crippen molar-refractivity contribution in [3.8, 4) is 0 Å². The Morgan fingerprint density at radius 2 is 1.44 bits per heavy atom. The lowest BCUT2D eigenvalue weighted by atomic mass is 10.0. The van der Waals surface area contributed by atoms with E-state index in [1.54, 1.807) is 16.2 Å². The summed E-state index contributed by atoms with van der Waals surface area (Å²) < 4.78 is 1.73. The first-order valence-electron chi connectivity index (χ1n) is 10.8. The molecule has 6 rings (SSSR count). The third-order valence-electron chi connectivity index (χ3n) is 5.45. The molecule has 0 N–H and O–H groups in total. The lowest BCUT2D eigenvalue weighted by Crippen LogP contribution is -2.13. The van der Waals surface area contributed by atoms with Crippen LogP contribution in [0.1, 0.15) is 19.4 Å². The second-order valence-electron chi connectivity index (χ2n) is 7.24. The number of aromatic nitrogens is 2. The van der Waals surface area contributed by atoms with E-state index in [1.165, 1.54) is 10.5 Å². The molecule has 0 aliphatic rings. The summed E-state index contributed by atoms with van der Waals surface area (Å²) in [5.74, 6) is 0. The number of imidazole rings is 1. The molecule has 3 nitrogen and oxygen atoms in total. The largest absolute Gasteiger partial charge is 0.268 e. The lowest BCUT2D eigenvalue weighted by molar-refractivity contribution is 1.19. The van der Waals surface area contributed by atoms with Gasteiger partial charge in [-0.25, -0.2) is 4.98 Å². The maximum absolute atomic E-state index is 12.9. The minimum atomic E-state index is 0.00278. The number of hydrogen-bond donors (Lipinski definition) is 0. The normalized spacial score (nSPS) is 10.8. The van der Waals surface area contributed by atoms with Crippen molar-refractivity contribution < 1.29 is 0 Å². The highest BCUT2D eigenvalue weighted by molar-refractivity contribution is 7.98. The van der Waals surface area contributed by atoms with E-state index < -0.39 is 0 Å². The number of pyridine rings is 1. The highest BCUT2D eigenvalue weighted by Crippen LogP contribution is 2.29. The maximum atomic E-state index is 12.9. The van der Waals surface area contributed by atoms with Crippen molar-refractivity contribution in [2.45, 2.75) is 25.7 Å². The van der Waals surface area contributed by atoms with Gasteiger partial charge >= 0.3 is 0 Å². The summed E-state index contributed by atoms with van der Waals surface area (Å²) in [6.07, 6.45) is 2.10. The number of thioether (sulfide) groups is 1. The van der Waals surface area contributed by atoms with E-state index in [-0.39, 0.29) is 5.56 Å². The van der Waals surface area contributed by atoms with E-state index in [4.69, 9.17) is 0 Å². The van der Waals surface area contributed by atoms with Crippen LogP contribution in [-0.2, 0) is 0 Å². The predicted molar refractivity (Wildman–Crippen MR) is 139 cm³/mol. The molecule has 2 aromatic heterocycles. The topological polar surface area (TPSA) is 34.4 Å². The second kappa shape index (κ2) is 9.41. The minimum absolute atomic E-state index is 0.00278. The molecular formula is C28H26N2OS. The molecule has 0 saturated heterocycles. The van der Waals surface area contributed by atoms with E-state index in [1.807, 2.05) is 74.5 Å². The van der Waals surface area contributed by atoms with Crippen LogP contribution in [0.5, 0.6) is 0 Å². The highest BCUT2D eigenvalue weighted by atomic mass is 32.2. The van der Waals surface area contributed by atoms with E-state index >= 15 is 0 Å². The number of rotatable bonds is 1. The van der Waals surface area contributed by atoms with Crippen molar-refractivity contribution in [3.63, 3.8) is 0 Å². The zero-order valence-electron chi connectivity index (χ0n) is 18.8. The molecule has 0 atom stereocenters. The first kappa shape index (κ1) is 21.8. The molecule has 160 valence electrons. The van der Waals surface area contributed by atoms with Gasteiger partial charge in [0.1, 0.15) is 5.65 Å². The summed E-state index contributed by atoms with van der Waals surface area (Å²) >= 11 is 1.80. The smallest absolute Gasteiger partial charge is 0.264 e. The fourth-order valence-electron chi connectivity index (χ4n) is 4.02. The Kier molecular flexibility index (Phi) is 6.42. The van der Waals surface area contributed by atoms with Crippen LogP contribution in [-0.4, -0.2) is 15.6 Å². The molecule has 0 fully saturated rings. The first-order valence-corrected chi connectivity index (χ1v) is 12.1. The molecule has 4 aromatic carbocycles. The van der Waals surface area contributed by atoms with Crippen LogP contribution >= 0.6 is 11.8 Å². The highest BCUT2D eigenvalue weighted by Gasteiger charge is 2.14. The monoisotopic (exact) mass is 438 g/mol. The van der Waals surface area contributed by atoms with Gasteiger partial charge in [0.2, 0.25) is 0 Å². The van der Waals surface area contributed by atoms with Crippen LogP contribution in [0.2, 0.25) is 0 Å². The van der Waals surface area contributed by atoms with E-state index in [9.17, 15) is 4.79 Å². The summed E-state index contributed by atoms with van der Waals surface area (Å²) in [6.45, 7) is 6.13. The Labute approximate surface area is 192 Å². The van der Waals surface area contributed by atoms with Crippen molar-refractivity contribution in [1.82, 2.24) is 9.38 Å². The fraction of sp³-hybridized carbons (Fsp3) is 0.143. The van der Waals surface area contributed by atoms with Gasteiger partial charge in [0.15, 0.2) is 0 Å². The molecule has 0 aliphatic heterocycles. The van der Waals surface area contributed by atoms with Gasteiger partial charge in [0, 0.05) is 21.1 Å². The Morgan fingerprint density at radius 3 is 2.12 bits per heavy atom. The summed E-state index contributed by atoms with van der Waals surface area (Å²) in [6, 6.07) is 28.1. The van der Waals surface area contributed by atoms with Gasteiger partial charge in [0.25, 0.3) is 5.56 Å².